The maximum Gasteiger partial charge on any atom is 0.255 e. The van der Waals surface area contributed by atoms with Crippen LogP contribution >= 0.6 is 11.6 Å². The molecular weight excluding hydrogens is 416 g/mol. The summed E-state index contributed by atoms with van der Waals surface area (Å²) < 4.78 is 34.4. The van der Waals surface area contributed by atoms with E-state index in [0.717, 1.165) is 6.42 Å². The molecule has 0 saturated heterocycles. The first kappa shape index (κ1) is 23.0. The zero-order valence-corrected chi connectivity index (χ0v) is 18.4. The average molecular weight is 441 g/mol. The molecule has 2 aromatic rings. The number of hydrogen-bond acceptors (Lipinski definition) is 5. The zero-order valence-electron chi connectivity index (χ0n) is 16.8. The number of nitrogens with one attached hydrogen (secondary N) is 1. The molecule has 0 radical (unpaired) electrons. The lowest BCUT2D eigenvalue weighted by Crippen LogP contribution is -2.16. The summed E-state index contributed by atoms with van der Waals surface area (Å²) in [5.41, 5.74) is 1.01. The Morgan fingerprint density at radius 1 is 1.24 bits per heavy atom. The third-order valence-corrected chi connectivity index (χ3v) is 5.52. The van der Waals surface area contributed by atoms with E-state index in [9.17, 15) is 13.2 Å². The molecule has 0 aliphatic heterocycles. The van der Waals surface area contributed by atoms with Crippen LogP contribution in [-0.4, -0.2) is 28.0 Å². The van der Waals surface area contributed by atoms with Gasteiger partial charge in [-0.2, -0.15) is 0 Å². The fraction of sp³-hybridized carbons (Fsp3) is 0.350. The number of sulfonamides is 1. The summed E-state index contributed by atoms with van der Waals surface area (Å²) in [7, 11) is -2.44. The topological polar surface area (TPSA) is 108 Å². The summed E-state index contributed by atoms with van der Waals surface area (Å²) in [5, 5.41) is 8.10. The molecule has 0 aromatic heterocycles. The van der Waals surface area contributed by atoms with Crippen molar-refractivity contribution in [3.05, 3.63) is 46.5 Å². The van der Waals surface area contributed by atoms with Gasteiger partial charge in [-0.3, -0.25) is 4.79 Å². The molecule has 0 unspecified atom stereocenters. The number of halogens is 1. The summed E-state index contributed by atoms with van der Waals surface area (Å²) in [6.07, 6.45) is 0.849. The Morgan fingerprint density at radius 2 is 1.93 bits per heavy atom. The molecule has 3 N–H and O–H groups in total. The number of hydrogen-bond donors (Lipinski definition) is 2. The number of carbonyl (C=O) groups excluding carboxylic acids is 1. The van der Waals surface area contributed by atoms with E-state index in [1.165, 1.54) is 25.3 Å². The number of nitrogens with two attached hydrogens (primary N) is 1. The molecule has 2 rings (SSSR count). The molecule has 29 heavy (non-hydrogen) atoms. The van der Waals surface area contributed by atoms with Gasteiger partial charge in [0, 0.05) is 11.3 Å². The minimum atomic E-state index is -3.90. The number of anilines is 1. The number of amides is 1. The van der Waals surface area contributed by atoms with E-state index in [1.54, 1.807) is 19.1 Å². The van der Waals surface area contributed by atoms with Crippen molar-refractivity contribution in [3.8, 4) is 11.5 Å². The van der Waals surface area contributed by atoms with Crippen LogP contribution in [0.2, 0.25) is 5.02 Å². The van der Waals surface area contributed by atoms with Crippen LogP contribution in [0.25, 0.3) is 0 Å². The van der Waals surface area contributed by atoms with Crippen molar-refractivity contribution >= 4 is 33.2 Å². The predicted octanol–water partition coefficient (Wildman–Crippen LogP) is 3.98. The number of benzene rings is 2. The molecule has 0 fully saturated rings. The van der Waals surface area contributed by atoms with Crippen LogP contribution in [0.4, 0.5) is 5.69 Å². The van der Waals surface area contributed by atoms with Gasteiger partial charge in [0.25, 0.3) is 5.91 Å². The average Bonchev–Trinajstić information content (AvgIpc) is 2.62. The SMILES string of the molecule is COc1cc(C(=O)Nc2ccc(C)c(S(N)(=O)=O)c2)cc(Cl)c1OCCC(C)C. The molecule has 2 aromatic carbocycles. The van der Waals surface area contributed by atoms with Gasteiger partial charge in [0.05, 0.1) is 23.6 Å². The predicted molar refractivity (Wildman–Crippen MR) is 113 cm³/mol. The summed E-state index contributed by atoms with van der Waals surface area (Å²) in [6.45, 7) is 6.26. The Labute approximate surface area is 176 Å². The maximum atomic E-state index is 12.6. The molecule has 0 aliphatic rings. The van der Waals surface area contributed by atoms with Gasteiger partial charge in [-0.1, -0.05) is 31.5 Å². The smallest absolute Gasteiger partial charge is 0.255 e. The second-order valence-corrected chi connectivity index (χ2v) is 8.94. The highest BCUT2D eigenvalue weighted by Gasteiger charge is 2.18. The Bertz CT molecular complexity index is 1010. The number of ether oxygens (including phenoxy) is 2. The van der Waals surface area contributed by atoms with Gasteiger partial charge in [-0.25, -0.2) is 13.6 Å². The van der Waals surface area contributed by atoms with Crippen molar-refractivity contribution in [3.63, 3.8) is 0 Å². The second-order valence-electron chi connectivity index (χ2n) is 7.00. The number of methoxy groups -OCH3 is 1. The first-order chi connectivity index (χ1) is 13.5. The quantitative estimate of drug-likeness (QED) is 0.645. The van der Waals surface area contributed by atoms with E-state index in [2.05, 4.69) is 19.2 Å². The molecule has 0 aliphatic carbocycles. The zero-order chi connectivity index (χ0) is 21.8. The largest absolute Gasteiger partial charge is 0.493 e. The van der Waals surface area contributed by atoms with Gasteiger partial charge < -0.3 is 14.8 Å². The maximum absolute atomic E-state index is 12.6. The minimum absolute atomic E-state index is 0.0557. The van der Waals surface area contributed by atoms with Crippen molar-refractivity contribution in [1.82, 2.24) is 0 Å². The minimum Gasteiger partial charge on any atom is -0.493 e. The fourth-order valence-corrected chi connectivity index (χ4v) is 3.65. The van der Waals surface area contributed by atoms with Crippen molar-refractivity contribution in [1.29, 1.82) is 0 Å². The van der Waals surface area contributed by atoms with Crippen LogP contribution in [-0.2, 0) is 10.0 Å². The van der Waals surface area contributed by atoms with Crippen LogP contribution in [0.5, 0.6) is 11.5 Å². The van der Waals surface area contributed by atoms with Gasteiger partial charge in [0.2, 0.25) is 10.0 Å². The lowest BCUT2D eigenvalue weighted by Gasteiger charge is -2.15. The molecule has 0 atom stereocenters. The van der Waals surface area contributed by atoms with Crippen LogP contribution < -0.4 is 19.9 Å². The number of carbonyl (C=O) groups is 1. The van der Waals surface area contributed by atoms with Crippen LogP contribution in [0.1, 0.15) is 36.2 Å². The highest BCUT2D eigenvalue weighted by molar-refractivity contribution is 7.89. The Hall–Kier alpha value is -2.29. The summed E-state index contributed by atoms with van der Waals surface area (Å²) in [4.78, 5) is 12.6. The molecule has 0 spiro atoms. The normalized spacial score (nSPS) is 11.4. The second kappa shape index (κ2) is 9.47. The van der Waals surface area contributed by atoms with Crippen molar-refractivity contribution in [2.45, 2.75) is 32.1 Å². The number of aryl methyl sites for hydroxylation is 1. The van der Waals surface area contributed by atoms with E-state index < -0.39 is 15.9 Å². The summed E-state index contributed by atoms with van der Waals surface area (Å²) in [5.74, 6) is 0.698. The van der Waals surface area contributed by atoms with Crippen molar-refractivity contribution in [2.24, 2.45) is 11.1 Å². The van der Waals surface area contributed by atoms with Gasteiger partial charge in [-0.15, -0.1) is 0 Å². The van der Waals surface area contributed by atoms with E-state index >= 15 is 0 Å². The Kier molecular flexibility index (Phi) is 7.51. The summed E-state index contributed by atoms with van der Waals surface area (Å²) >= 11 is 6.30. The van der Waals surface area contributed by atoms with Gasteiger partial charge in [0.15, 0.2) is 11.5 Å². The molecular formula is C20H25ClN2O5S. The van der Waals surface area contributed by atoms with Crippen LogP contribution in [0.15, 0.2) is 35.2 Å². The summed E-state index contributed by atoms with van der Waals surface area (Å²) in [6, 6.07) is 7.45. The van der Waals surface area contributed by atoms with Crippen molar-refractivity contribution < 1.29 is 22.7 Å². The Morgan fingerprint density at radius 3 is 2.52 bits per heavy atom. The van der Waals surface area contributed by atoms with E-state index in [4.69, 9.17) is 26.2 Å². The number of primary sulfonamides is 1. The molecule has 0 saturated carbocycles. The molecule has 7 nitrogen and oxygen atoms in total. The lowest BCUT2D eigenvalue weighted by molar-refractivity contribution is 0.102. The van der Waals surface area contributed by atoms with Gasteiger partial charge >= 0.3 is 0 Å². The lowest BCUT2D eigenvalue weighted by atomic mass is 10.1. The molecule has 0 bridgehead atoms. The standard InChI is InChI=1S/C20H25ClN2O5S/c1-12(2)7-8-28-19-16(21)9-14(10-17(19)27-4)20(24)23-15-6-5-13(3)18(11-15)29(22,25)26/h5-6,9-12H,7-8H2,1-4H3,(H,23,24)(H2,22,25,26). The van der Waals surface area contributed by atoms with Gasteiger partial charge in [0.1, 0.15) is 0 Å². The fourth-order valence-electron chi connectivity index (χ4n) is 2.58. The number of rotatable bonds is 8. The van der Waals surface area contributed by atoms with Gasteiger partial charge in [-0.05, 0) is 49.1 Å². The van der Waals surface area contributed by atoms with E-state index in [0.29, 0.717) is 29.6 Å². The van der Waals surface area contributed by atoms with Crippen LogP contribution in [0.3, 0.4) is 0 Å². The van der Waals surface area contributed by atoms with Crippen molar-refractivity contribution in [2.75, 3.05) is 19.0 Å². The molecule has 1 amide bonds. The third-order valence-electron chi connectivity index (χ3n) is 4.19. The highest BCUT2D eigenvalue weighted by atomic mass is 35.5. The first-order valence-electron chi connectivity index (χ1n) is 8.98. The third kappa shape index (κ3) is 6.09. The Balaban J connectivity index is 2.26. The molecule has 158 valence electrons. The molecule has 0 heterocycles. The monoisotopic (exact) mass is 440 g/mol. The first-order valence-corrected chi connectivity index (χ1v) is 10.9. The van der Waals surface area contributed by atoms with E-state index in [-0.39, 0.29) is 21.2 Å². The van der Waals surface area contributed by atoms with Crippen LogP contribution in [0, 0.1) is 12.8 Å². The van der Waals surface area contributed by atoms with E-state index in [1.807, 2.05) is 0 Å². The molecule has 9 heteroatoms. The highest BCUT2D eigenvalue weighted by Crippen LogP contribution is 2.37.